The molecule has 142 valence electrons. The van der Waals surface area contributed by atoms with Crippen LogP contribution in [-0.2, 0) is 28.2 Å². The van der Waals surface area contributed by atoms with Crippen LogP contribution in [-0.4, -0.2) is 30.6 Å². The molecular formula is C18H18N2O6S. The zero-order valence-corrected chi connectivity index (χ0v) is 15.0. The fourth-order valence-corrected chi connectivity index (χ4v) is 2.96. The first-order valence-corrected chi connectivity index (χ1v) is 9.49. The fraction of sp³-hybridized carbons (Fsp3) is 0.167. The monoisotopic (exact) mass is 390 g/mol. The Morgan fingerprint density at radius 2 is 1.93 bits per heavy atom. The first-order chi connectivity index (χ1) is 12.9. The second kappa shape index (κ2) is 8.11. The van der Waals surface area contributed by atoms with Crippen LogP contribution in [0.3, 0.4) is 0 Å². The predicted octanol–water partition coefficient (Wildman–Crippen LogP) is 2.82. The van der Waals surface area contributed by atoms with Crippen molar-refractivity contribution in [2.45, 2.75) is 13.0 Å². The number of ether oxygens (including phenoxy) is 1. The number of hydrogen-bond acceptors (Lipinski definition) is 5. The van der Waals surface area contributed by atoms with E-state index in [4.69, 9.17) is 9.29 Å². The molecule has 0 saturated carbocycles. The van der Waals surface area contributed by atoms with Gasteiger partial charge in [0.05, 0.1) is 0 Å². The van der Waals surface area contributed by atoms with Crippen molar-refractivity contribution in [2.75, 3.05) is 6.54 Å². The van der Waals surface area contributed by atoms with Crippen molar-refractivity contribution in [3.63, 3.8) is 0 Å². The average Bonchev–Trinajstić information content (AvgIpc) is 3.02. The molecule has 0 saturated heterocycles. The molecule has 0 aliphatic carbocycles. The van der Waals surface area contributed by atoms with Gasteiger partial charge in [0.1, 0.15) is 12.4 Å². The summed E-state index contributed by atoms with van der Waals surface area (Å²) in [5.74, 6) is 0.00100. The van der Waals surface area contributed by atoms with Crippen molar-refractivity contribution in [1.82, 2.24) is 10.3 Å². The van der Waals surface area contributed by atoms with Crippen LogP contribution in [0.5, 0.6) is 5.75 Å². The molecule has 0 fully saturated rings. The lowest BCUT2D eigenvalue weighted by molar-refractivity contribution is 0.140. The largest absolute Gasteiger partial charge is 0.446 e. The minimum absolute atomic E-state index is 0.00100. The Balaban J connectivity index is 1.55. The molecule has 27 heavy (non-hydrogen) atoms. The van der Waals surface area contributed by atoms with Gasteiger partial charge in [0, 0.05) is 23.6 Å². The number of rotatable bonds is 7. The third kappa shape index (κ3) is 5.47. The molecule has 0 radical (unpaired) electrons. The Hall–Kier alpha value is -3.04. The first-order valence-electron chi connectivity index (χ1n) is 8.12. The van der Waals surface area contributed by atoms with E-state index in [9.17, 15) is 13.2 Å². The molecule has 3 N–H and O–H groups in total. The van der Waals surface area contributed by atoms with Crippen LogP contribution in [0.15, 0.2) is 54.7 Å². The van der Waals surface area contributed by atoms with E-state index >= 15 is 0 Å². The van der Waals surface area contributed by atoms with Crippen molar-refractivity contribution in [3.05, 3.63) is 65.9 Å². The molecule has 0 aliphatic rings. The van der Waals surface area contributed by atoms with Crippen LogP contribution in [0.4, 0.5) is 4.79 Å². The maximum Gasteiger partial charge on any atom is 0.446 e. The number of H-pyrrole nitrogens is 1. The number of alkyl carbamates (subject to hydrolysis) is 1. The molecule has 9 heteroatoms. The lowest BCUT2D eigenvalue weighted by atomic mass is 10.1. The normalized spacial score (nSPS) is 11.3. The quantitative estimate of drug-likeness (QED) is 0.534. The summed E-state index contributed by atoms with van der Waals surface area (Å²) in [6.07, 6.45) is 1.74. The third-order valence-corrected chi connectivity index (χ3v) is 4.22. The fourth-order valence-electron chi connectivity index (χ4n) is 2.61. The van der Waals surface area contributed by atoms with Gasteiger partial charge < -0.3 is 19.2 Å². The molecule has 0 atom stereocenters. The van der Waals surface area contributed by atoms with Crippen molar-refractivity contribution in [2.24, 2.45) is 0 Å². The van der Waals surface area contributed by atoms with Crippen LogP contribution >= 0.6 is 0 Å². The van der Waals surface area contributed by atoms with E-state index in [1.807, 2.05) is 30.3 Å². The summed E-state index contributed by atoms with van der Waals surface area (Å²) in [4.78, 5) is 14.8. The summed E-state index contributed by atoms with van der Waals surface area (Å²) in [5.41, 5.74) is 2.53. The third-order valence-electron chi connectivity index (χ3n) is 3.82. The predicted molar refractivity (Wildman–Crippen MR) is 98.8 cm³/mol. The topological polar surface area (TPSA) is 118 Å². The molecule has 0 aliphatic heterocycles. The summed E-state index contributed by atoms with van der Waals surface area (Å²) in [5, 5.41) is 3.40. The van der Waals surface area contributed by atoms with Gasteiger partial charge in [-0.3, -0.25) is 4.55 Å². The minimum atomic E-state index is -4.58. The van der Waals surface area contributed by atoms with Gasteiger partial charge in [0.15, 0.2) is 0 Å². The Morgan fingerprint density at radius 3 is 2.67 bits per heavy atom. The molecule has 0 unspecified atom stereocenters. The van der Waals surface area contributed by atoms with Crippen LogP contribution in [0.1, 0.15) is 11.1 Å². The van der Waals surface area contributed by atoms with Crippen molar-refractivity contribution in [3.8, 4) is 5.75 Å². The highest BCUT2D eigenvalue weighted by Gasteiger charge is 2.11. The number of amides is 1. The molecular weight excluding hydrogens is 372 g/mol. The minimum Gasteiger partial charge on any atom is -0.445 e. The van der Waals surface area contributed by atoms with E-state index in [1.165, 1.54) is 12.1 Å². The van der Waals surface area contributed by atoms with Gasteiger partial charge in [-0.1, -0.05) is 30.3 Å². The second-order valence-corrected chi connectivity index (χ2v) is 6.79. The number of aromatic nitrogens is 1. The Morgan fingerprint density at radius 1 is 1.15 bits per heavy atom. The molecule has 1 amide bonds. The summed E-state index contributed by atoms with van der Waals surface area (Å²) < 4.78 is 40.1. The Bertz CT molecular complexity index is 1030. The van der Waals surface area contributed by atoms with Crippen molar-refractivity contribution in [1.29, 1.82) is 0 Å². The molecule has 8 nitrogen and oxygen atoms in total. The van der Waals surface area contributed by atoms with Gasteiger partial charge in [-0.25, -0.2) is 4.79 Å². The van der Waals surface area contributed by atoms with E-state index in [-0.39, 0.29) is 12.4 Å². The molecule has 1 heterocycles. The molecule has 0 bridgehead atoms. The number of carbonyl (C=O) groups excluding carboxylic acids is 1. The van der Waals surface area contributed by atoms with E-state index < -0.39 is 16.5 Å². The molecule has 1 aromatic heterocycles. The number of benzene rings is 2. The number of fused-ring (bicyclic) bond motifs is 1. The number of hydrogen-bond donors (Lipinski definition) is 3. The molecule has 2 aromatic carbocycles. The standard InChI is InChI=1S/C18H18N2O6S/c21-18(25-12-13-4-2-1-3-5-13)19-9-8-14-11-20-17-7-6-15(10-16(14)17)26-27(22,23)24/h1-7,10-11,20H,8-9,12H2,(H,19,21)(H,22,23,24). The summed E-state index contributed by atoms with van der Waals surface area (Å²) in [6, 6.07) is 13.9. The van der Waals surface area contributed by atoms with Crippen LogP contribution in [0, 0.1) is 0 Å². The molecule has 0 spiro atoms. The van der Waals surface area contributed by atoms with Crippen molar-refractivity contribution < 1.29 is 26.7 Å². The summed E-state index contributed by atoms with van der Waals surface area (Å²) in [7, 11) is -4.58. The van der Waals surface area contributed by atoms with Gasteiger partial charge in [-0.15, -0.1) is 0 Å². The zero-order chi connectivity index (χ0) is 19.3. The maximum atomic E-state index is 11.8. The van der Waals surface area contributed by atoms with Gasteiger partial charge in [-0.2, -0.15) is 8.42 Å². The summed E-state index contributed by atoms with van der Waals surface area (Å²) >= 11 is 0. The lowest BCUT2D eigenvalue weighted by Crippen LogP contribution is -2.26. The lowest BCUT2D eigenvalue weighted by Gasteiger charge is -2.07. The highest BCUT2D eigenvalue weighted by atomic mass is 32.3. The SMILES string of the molecule is O=C(NCCc1c[nH]c2ccc(OS(=O)(=O)O)cc12)OCc1ccccc1. The van der Waals surface area contributed by atoms with Gasteiger partial charge in [0.25, 0.3) is 0 Å². The van der Waals surface area contributed by atoms with Crippen LogP contribution < -0.4 is 9.50 Å². The van der Waals surface area contributed by atoms with Crippen LogP contribution in [0.25, 0.3) is 10.9 Å². The average molecular weight is 390 g/mol. The van der Waals surface area contributed by atoms with Gasteiger partial charge in [0.2, 0.25) is 0 Å². The number of carbonyl (C=O) groups is 1. The Labute approximate surface area is 156 Å². The maximum absolute atomic E-state index is 11.8. The molecule has 3 aromatic rings. The highest BCUT2D eigenvalue weighted by Crippen LogP contribution is 2.24. The number of aromatic amines is 1. The summed E-state index contributed by atoms with van der Waals surface area (Å²) in [6.45, 7) is 0.528. The van der Waals surface area contributed by atoms with Gasteiger partial charge >= 0.3 is 16.5 Å². The van der Waals surface area contributed by atoms with E-state index in [2.05, 4.69) is 14.5 Å². The zero-order valence-electron chi connectivity index (χ0n) is 14.2. The highest BCUT2D eigenvalue weighted by molar-refractivity contribution is 7.81. The smallest absolute Gasteiger partial charge is 0.445 e. The number of nitrogens with one attached hydrogen (secondary N) is 2. The van der Waals surface area contributed by atoms with E-state index in [0.29, 0.717) is 13.0 Å². The van der Waals surface area contributed by atoms with E-state index in [1.54, 1.807) is 12.3 Å². The first kappa shape index (κ1) is 18.7. The van der Waals surface area contributed by atoms with Gasteiger partial charge in [-0.05, 0) is 35.7 Å². The Kier molecular flexibility index (Phi) is 5.63. The molecule has 3 rings (SSSR count). The second-order valence-electron chi connectivity index (χ2n) is 5.77. The van der Waals surface area contributed by atoms with Crippen LogP contribution in [0.2, 0.25) is 0 Å². The van der Waals surface area contributed by atoms with Crippen molar-refractivity contribution >= 4 is 27.4 Å². The van der Waals surface area contributed by atoms with E-state index in [0.717, 1.165) is 22.0 Å².